The lowest BCUT2D eigenvalue weighted by Gasteiger charge is -2.31. The number of nitrogens with zero attached hydrogens (tertiary/aromatic N) is 1. The Kier molecular flexibility index (Phi) is 2.83. The molecule has 0 spiro atoms. The highest BCUT2D eigenvalue weighted by Crippen LogP contribution is 2.57. The first kappa shape index (κ1) is 12.0. The van der Waals surface area contributed by atoms with Crippen LogP contribution in [0.5, 0.6) is 0 Å². The molecular formula is C15H15ClFN. The first-order valence-electron chi connectivity index (χ1n) is 6.48. The summed E-state index contributed by atoms with van der Waals surface area (Å²) in [5, 5.41) is 10.0. The number of benzene rings is 1. The zero-order valence-corrected chi connectivity index (χ0v) is 10.9. The van der Waals surface area contributed by atoms with Crippen molar-refractivity contribution in [2.24, 2.45) is 17.3 Å². The molecule has 2 aliphatic rings. The molecule has 0 N–H and O–H groups in total. The summed E-state index contributed by atoms with van der Waals surface area (Å²) < 4.78 is 13.0. The van der Waals surface area contributed by atoms with E-state index in [2.05, 4.69) is 6.07 Å². The van der Waals surface area contributed by atoms with Crippen molar-refractivity contribution in [2.45, 2.75) is 32.1 Å². The molecule has 0 aromatic heterocycles. The van der Waals surface area contributed by atoms with Gasteiger partial charge in [0.1, 0.15) is 5.82 Å². The van der Waals surface area contributed by atoms with E-state index >= 15 is 0 Å². The van der Waals surface area contributed by atoms with Gasteiger partial charge >= 0.3 is 0 Å². The van der Waals surface area contributed by atoms with E-state index in [0.29, 0.717) is 23.3 Å². The monoisotopic (exact) mass is 263 g/mol. The minimum atomic E-state index is -0.317. The van der Waals surface area contributed by atoms with Crippen LogP contribution in [0.2, 0.25) is 5.02 Å². The number of halogens is 2. The zero-order chi connectivity index (χ0) is 12.8. The molecule has 2 saturated carbocycles. The number of fused-ring (bicyclic) bond motifs is 2. The van der Waals surface area contributed by atoms with Gasteiger partial charge in [-0.05, 0) is 55.2 Å². The molecule has 0 radical (unpaired) electrons. The van der Waals surface area contributed by atoms with Crippen molar-refractivity contribution >= 4 is 11.6 Å². The SMILES string of the molecule is N#CC1(Cc2ccc(F)cc2Cl)CC2CCC1C2. The first-order chi connectivity index (χ1) is 8.63. The van der Waals surface area contributed by atoms with Crippen molar-refractivity contribution in [3.05, 3.63) is 34.6 Å². The predicted molar refractivity (Wildman–Crippen MR) is 68.6 cm³/mol. The fourth-order valence-electron chi connectivity index (χ4n) is 3.84. The number of hydrogen-bond acceptors (Lipinski definition) is 1. The van der Waals surface area contributed by atoms with Gasteiger partial charge in [0, 0.05) is 5.02 Å². The van der Waals surface area contributed by atoms with Crippen LogP contribution in [-0.4, -0.2) is 0 Å². The van der Waals surface area contributed by atoms with Gasteiger partial charge in [0.15, 0.2) is 0 Å². The molecule has 3 atom stereocenters. The maximum Gasteiger partial charge on any atom is 0.124 e. The average molecular weight is 264 g/mol. The summed E-state index contributed by atoms with van der Waals surface area (Å²) in [6.45, 7) is 0. The van der Waals surface area contributed by atoms with Gasteiger partial charge in [0.2, 0.25) is 0 Å². The Hall–Kier alpha value is -1.07. The van der Waals surface area contributed by atoms with Crippen molar-refractivity contribution in [1.82, 2.24) is 0 Å². The molecule has 1 aromatic rings. The quantitative estimate of drug-likeness (QED) is 0.778. The van der Waals surface area contributed by atoms with Crippen LogP contribution in [0.15, 0.2) is 18.2 Å². The van der Waals surface area contributed by atoms with Gasteiger partial charge in [-0.2, -0.15) is 5.26 Å². The third kappa shape index (κ3) is 1.82. The van der Waals surface area contributed by atoms with Crippen LogP contribution in [-0.2, 0) is 6.42 Å². The Morgan fingerprint density at radius 3 is 2.83 bits per heavy atom. The molecule has 1 nitrogen and oxygen atoms in total. The Balaban J connectivity index is 1.89. The molecule has 0 heterocycles. The summed E-state index contributed by atoms with van der Waals surface area (Å²) in [7, 11) is 0. The maximum absolute atomic E-state index is 13.0. The molecule has 3 unspecified atom stereocenters. The molecule has 0 aliphatic heterocycles. The number of hydrogen-bond donors (Lipinski definition) is 0. The molecule has 2 fully saturated rings. The minimum Gasteiger partial charge on any atom is -0.207 e. The van der Waals surface area contributed by atoms with Crippen LogP contribution < -0.4 is 0 Å². The Labute approximate surface area is 112 Å². The molecule has 2 bridgehead atoms. The van der Waals surface area contributed by atoms with Crippen molar-refractivity contribution in [2.75, 3.05) is 0 Å². The van der Waals surface area contributed by atoms with E-state index in [9.17, 15) is 9.65 Å². The highest BCUT2D eigenvalue weighted by Gasteiger charge is 2.51. The van der Waals surface area contributed by atoms with Crippen molar-refractivity contribution in [1.29, 1.82) is 5.26 Å². The van der Waals surface area contributed by atoms with Crippen LogP contribution >= 0.6 is 11.6 Å². The lowest BCUT2D eigenvalue weighted by Crippen LogP contribution is -2.28. The molecule has 0 amide bonds. The number of nitriles is 1. The highest BCUT2D eigenvalue weighted by molar-refractivity contribution is 6.31. The first-order valence-corrected chi connectivity index (χ1v) is 6.86. The third-order valence-corrected chi connectivity index (χ3v) is 5.07. The van der Waals surface area contributed by atoms with Crippen molar-refractivity contribution < 1.29 is 4.39 Å². The molecule has 94 valence electrons. The lowest BCUT2D eigenvalue weighted by molar-refractivity contribution is 0.239. The summed E-state index contributed by atoms with van der Waals surface area (Å²) in [6.07, 6.45) is 5.28. The second kappa shape index (κ2) is 4.24. The molecule has 3 heteroatoms. The largest absolute Gasteiger partial charge is 0.207 e. The van der Waals surface area contributed by atoms with Crippen LogP contribution in [0.4, 0.5) is 4.39 Å². The Morgan fingerprint density at radius 1 is 1.44 bits per heavy atom. The second-order valence-electron chi connectivity index (χ2n) is 5.76. The van der Waals surface area contributed by atoms with E-state index in [4.69, 9.17) is 11.6 Å². The average Bonchev–Trinajstić information content (AvgIpc) is 2.93. The maximum atomic E-state index is 13.0. The van der Waals surface area contributed by atoms with Gasteiger partial charge in [-0.3, -0.25) is 0 Å². The van der Waals surface area contributed by atoms with Gasteiger partial charge in [-0.1, -0.05) is 24.1 Å². The van der Waals surface area contributed by atoms with Crippen molar-refractivity contribution in [3.8, 4) is 6.07 Å². The van der Waals surface area contributed by atoms with E-state index in [1.165, 1.54) is 25.0 Å². The Bertz CT molecular complexity index is 522. The van der Waals surface area contributed by atoms with E-state index in [-0.39, 0.29) is 11.2 Å². The van der Waals surface area contributed by atoms with Crippen LogP contribution in [0.3, 0.4) is 0 Å². The lowest BCUT2D eigenvalue weighted by atomic mass is 9.70. The zero-order valence-electron chi connectivity index (χ0n) is 10.1. The summed E-state index contributed by atoms with van der Waals surface area (Å²) in [5.74, 6) is 0.908. The van der Waals surface area contributed by atoms with E-state index in [1.54, 1.807) is 6.07 Å². The topological polar surface area (TPSA) is 23.8 Å². The molecule has 0 saturated heterocycles. The van der Waals surface area contributed by atoms with Crippen LogP contribution in [0, 0.1) is 34.4 Å². The second-order valence-corrected chi connectivity index (χ2v) is 6.17. The molecule has 18 heavy (non-hydrogen) atoms. The molecule has 1 aromatic carbocycles. The van der Waals surface area contributed by atoms with E-state index in [0.717, 1.165) is 18.4 Å². The fraction of sp³-hybridized carbons (Fsp3) is 0.533. The van der Waals surface area contributed by atoms with E-state index in [1.807, 2.05) is 0 Å². The minimum absolute atomic E-state index is 0.260. The third-order valence-electron chi connectivity index (χ3n) is 4.72. The standard InChI is InChI=1S/C15H15ClFN/c16-14-6-13(17)4-2-11(14)8-15(9-18)7-10-1-3-12(15)5-10/h2,4,6,10,12H,1,3,5,7-8H2. The Morgan fingerprint density at radius 2 is 2.28 bits per heavy atom. The summed E-state index contributed by atoms with van der Waals surface area (Å²) in [6, 6.07) is 7.04. The summed E-state index contributed by atoms with van der Waals surface area (Å²) in [4.78, 5) is 0. The van der Waals surface area contributed by atoms with Crippen LogP contribution in [0.1, 0.15) is 31.2 Å². The number of rotatable bonds is 2. The molecule has 2 aliphatic carbocycles. The normalized spacial score (nSPS) is 33.6. The van der Waals surface area contributed by atoms with Gasteiger partial charge in [-0.15, -0.1) is 0 Å². The van der Waals surface area contributed by atoms with Gasteiger partial charge in [-0.25, -0.2) is 4.39 Å². The van der Waals surface area contributed by atoms with Crippen molar-refractivity contribution in [3.63, 3.8) is 0 Å². The summed E-state index contributed by atoms with van der Waals surface area (Å²) >= 11 is 6.08. The smallest absolute Gasteiger partial charge is 0.124 e. The summed E-state index contributed by atoms with van der Waals surface area (Å²) in [5.41, 5.74) is 0.650. The van der Waals surface area contributed by atoms with Gasteiger partial charge < -0.3 is 0 Å². The molecular weight excluding hydrogens is 249 g/mol. The molecule has 3 rings (SSSR count). The highest BCUT2D eigenvalue weighted by atomic mass is 35.5. The van der Waals surface area contributed by atoms with Gasteiger partial charge in [0.25, 0.3) is 0 Å². The van der Waals surface area contributed by atoms with Gasteiger partial charge in [0.05, 0.1) is 11.5 Å². The predicted octanol–water partition coefficient (Wildman–Crippen LogP) is 4.35. The van der Waals surface area contributed by atoms with E-state index < -0.39 is 0 Å². The fourth-order valence-corrected chi connectivity index (χ4v) is 4.08. The van der Waals surface area contributed by atoms with Crippen LogP contribution in [0.25, 0.3) is 0 Å².